The summed E-state index contributed by atoms with van der Waals surface area (Å²) < 4.78 is 26.0. The van der Waals surface area contributed by atoms with Gasteiger partial charge in [0.05, 0.1) is 29.3 Å². The average Bonchev–Trinajstić information content (AvgIpc) is 3.25. The number of sulfone groups is 1. The van der Waals surface area contributed by atoms with Gasteiger partial charge in [0.25, 0.3) is 0 Å². The number of aryl methyl sites for hydroxylation is 1. The van der Waals surface area contributed by atoms with Crippen molar-refractivity contribution < 1.29 is 13.2 Å². The summed E-state index contributed by atoms with van der Waals surface area (Å²) in [4.78, 5) is 17.5. The highest BCUT2D eigenvalue weighted by atomic mass is 32.2. The molecule has 1 unspecified atom stereocenters. The molecule has 0 spiro atoms. The van der Waals surface area contributed by atoms with Crippen LogP contribution in [0.1, 0.15) is 37.2 Å². The number of hydrogen-bond donors (Lipinski definition) is 0. The van der Waals surface area contributed by atoms with E-state index in [-0.39, 0.29) is 29.9 Å². The second-order valence-electron chi connectivity index (χ2n) is 8.24. The van der Waals surface area contributed by atoms with E-state index in [1.165, 1.54) is 0 Å². The lowest BCUT2D eigenvalue weighted by atomic mass is 10.1. The van der Waals surface area contributed by atoms with Gasteiger partial charge < -0.3 is 9.80 Å². The number of amides is 1. The van der Waals surface area contributed by atoms with Gasteiger partial charge in [-0.25, -0.2) is 13.1 Å². The van der Waals surface area contributed by atoms with Crippen molar-refractivity contribution >= 4 is 15.7 Å². The van der Waals surface area contributed by atoms with Crippen LogP contribution in [-0.4, -0.2) is 77.6 Å². The van der Waals surface area contributed by atoms with Crippen LogP contribution in [0.15, 0.2) is 30.3 Å². The van der Waals surface area contributed by atoms with Crippen LogP contribution in [0.4, 0.5) is 0 Å². The molecule has 0 radical (unpaired) electrons. The van der Waals surface area contributed by atoms with E-state index in [1.54, 1.807) is 0 Å². The van der Waals surface area contributed by atoms with Crippen LogP contribution >= 0.6 is 0 Å². The van der Waals surface area contributed by atoms with E-state index < -0.39 is 9.84 Å². The third-order valence-corrected chi connectivity index (χ3v) is 8.04. The molecule has 2 aromatic rings. The van der Waals surface area contributed by atoms with Crippen molar-refractivity contribution in [1.82, 2.24) is 19.6 Å². The number of carbonyl (C=O) groups excluding carboxylic acids is 1. The Hall–Kier alpha value is -2.19. The molecule has 1 saturated heterocycles. The van der Waals surface area contributed by atoms with Crippen LogP contribution in [0.2, 0.25) is 0 Å². The van der Waals surface area contributed by atoms with E-state index in [4.69, 9.17) is 0 Å². The van der Waals surface area contributed by atoms with Crippen LogP contribution in [0.3, 0.4) is 0 Å². The van der Waals surface area contributed by atoms with Gasteiger partial charge in [-0.3, -0.25) is 4.79 Å². The molecule has 170 valence electrons. The summed E-state index contributed by atoms with van der Waals surface area (Å²) in [6.07, 6.45) is 0.757. The van der Waals surface area contributed by atoms with Crippen LogP contribution in [-0.2, 0) is 21.1 Å². The van der Waals surface area contributed by atoms with Crippen molar-refractivity contribution in [2.24, 2.45) is 0 Å². The first-order chi connectivity index (χ1) is 14.8. The molecule has 0 bridgehead atoms. The summed E-state index contributed by atoms with van der Waals surface area (Å²) in [6.45, 7) is 11.2. The molecule has 1 atom stereocenters. The third kappa shape index (κ3) is 5.54. The van der Waals surface area contributed by atoms with E-state index >= 15 is 0 Å². The first kappa shape index (κ1) is 23.5. The number of benzene rings is 1. The summed E-state index contributed by atoms with van der Waals surface area (Å²) in [5.41, 5.74) is 3.65. The van der Waals surface area contributed by atoms with Gasteiger partial charge >= 0.3 is 0 Å². The Morgan fingerprint density at radius 3 is 2.39 bits per heavy atom. The van der Waals surface area contributed by atoms with Gasteiger partial charge in [-0.15, -0.1) is 0 Å². The lowest BCUT2D eigenvalue weighted by molar-refractivity contribution is -0.132. The van der Waals surface area contributed by atoms with E-state index in [9.17, 15) is 13.2 Å². The van der Waals surface area contributed by atoms with Gasteiger partial charge in [-0.1, -0.05) is 32.0 Å². The monoisotopic (exact) mass is 446 g/mol. The lowest BCUT2D eigenvalue weighted by Gasteiger charge is -2.31. The summed E-state index contributed by atoms with van der Waals surface area (Å²) in [7, 11) is -3.07. The number of para-hydroxylation sites is 1. The Labute approximate surface area is 186 Å². The van der Waals surface area contributed by atoms with Crippen LogP contribution in [0, 0.1) is 13.8 Å². The molecule has 1 amide bonds. The van der Waals surface area contributed by atoms with Crippen molar-refractivity contribution in [1.29, 1.82) is 0 Å². The van der Waals surface area contributed by atoms with Crippen LogP contribution < -0.4 is 0 Å². The van der Waals surface area contributed by atoms with Crippen molar-refractivity contribution in [3.63, 3.8) is 0 Å². The topological polar surface area (TPSA) is 75.5 Å². The Bertz CT molecular complexity index is 997. The molecule has 7 nitrogen and oxygen atoms in total. The molecule has 0 aliphatic carbocycles. The van der Waals surface area contributed by atoms with E-state index in [2.05, 4.69) is 23.8 Å². The highest BCUT2D eigenvalue weighted by molar-refractivity contribution is 7.91. The lowest BCUT2D eigenvalue weighted by Crippen LogP contribution is -2.46. The molecule has 3 rings (SSSR count). The van der Waals surface area contributed by atoms with E-state index in [0.717, 1.165) is 42.3 Å². The van der Waals surface area contributed by atoms with Crippen LogP contribution in [0.5, 0.6) is 0 Å². The first-order valence-electron chi connectivity index (χ1n) is 11.1. The maximum absolute atomic E-state index is 13.4. The maximum Gasteiger partial charge on any atom is 0.227 e. The number of nitrogens with zero attached hydrogens (tertiary/aromatic N) is 4. The summed E-state index contributed by atoms with van der Waals surface area (Å²) in [6, 6.07) is 9.63. The zero-order valence-electron chi connectivity index (χ0n) is 19.0. The average molecular weight is 447 g/mol. The molecular formula is C23H34N4O3S. The zero-order chi connectivity index (χ0) is 22.6. The predicted molar refractivity (Wildman–Crippen MR) is 123 cm³/mol. The van der Waals surface area contributed by atoms with Gasteiger partial charge in [0, 0.05) is 30.4 Å². The van der Waals surface area contributed by atoms with E-state index in [0.29, 0.717) is 13.0 Å². The quantitative estimate of drug-likeness (QED) is 0.591. The molecule has 31 heavy (non-hydrogen) atoms. The maximum atomic E-state index is 13.4. The standard InChI is InChI=1S/C23H34N4O3S/c1-5-25(6-2)13-14-26(21-12-15-31(29,30)17-21)23(28)16-22-18(3)24-27(19(22)4)20-10-8-7-9-11-20/h7-11,21H,5-6,12-17H2,1-4H3. The second kappa shape index (κ2) is 9.96. The molecule has 1 aliphatic heterocycles. The highest BCUT2D eigenvalue weighted by Crippen LogP contribution is 2.22. The fourth-order valence-electron chi connectivity index (χ4n) is 4.33. The first-order valence-corrected chi connectivity index (χ1v) is 12.9. The minimum absolute atomic E-state index is 0.0203. The number of carbonyl (C=O) groups is 1. The Morgan fingerprint density at radius 1 is 1.13 bits per heavy atom. The third-order valence-electron chi connectivity index (χ3n) is 6.29. The molecule has 2 heterocycles. The van der Waals surface area contributed by atoms with Gasteiger partial charge in [0.2, 0.25) is 5.91 Å². The zero-order valence-corrected chi connectivity index (χ0v) is 19.9. The normalized spacial score (nSPS) is 17.9. The second-order valence-corrected chi connectivity index (χ2v) is 10.5. The van der Waals surface area contributed by atoms with E-state index in [1.807, 2.05) is 53.8 Å². The minimum Gasteiger partial charge on any atom is -0.337 e. The molecule has 0 saturated carbocycles. The van der Waals surface area contributed by atoms with Gasteiger partial charge in [0.1, 0.15) is 0 Å². The van der Waals surface area contributed by atoms with Gasteiger partial charge in [-0.2, -0.15) is 5.10 Å². The number of hydrogen-bond acceptors (Lipinski definition) is 5. The number of rotatable bonds is 9. The summed E-state index contributed by atoms with van der Waals surface area (Å²) in [5, 5.41) is 4.66. The molecular weight excluding hydrogens is 412 g/mol. The molecule has 0 N–H and O–H groups in total. The SMILES string of the molecule is CCN(CC)CCN(C(=O)Cc1c(C)nn(-c2ccccc2)c1C)C1CCS(=O)(=O)C1. The van der Waals surface area contributed by atoms with Gasteiger partial charge in [-0.05, 0) is 45.5 Å². The predicted octanol–water partition coefficient (Wildman–Crippen LogP) is 2.39. The van der Waals surface area contributed by atoms with Crippen molar-refractivity contribution in [2.45, 2.75) is 46.6 Å². The van der Waals surface area contributed by atoms with Crippen molar-refractivity contribution in [3.05, 3.63) is 47.3 Å². The van der Waals surface area contributed by atoms with Crippen molar-refractivity contribution in [3.8, 4) is 5.69 Å². The van der Waals surface area contributed by atoms with Crippen LogP contribution in [0.25, 0.3) is 5.69 Å². The highest BCUT2D eigenvalue weighted by Gasteiger charge is 2.35. The Morgan fingerprint density at radius 2 is 1.81 bits per heavy atom. The molecule has 1 aromatic carbocycles. The molecule has 8 heteroatoms. The Balaban J connectivity index is 1.82. The molecule has 1 aliphatic rings. The minimum atomic E-state index is -3.07. The largest absolute Gasteiger partial charge is 0.337 e. The Kier molecular flexibility index (Phi) is 7.54. The van der Waals surface area contributed by atoms with Crippen molar-refractivity contribution in [2.75, 3.05) is 37.7 Å². The summed E-state index contributed by atoms with van der Waals surface area (Å²) >= 11 is 0. The summed E-state index contributed by atoms with van der Waals surface area (Å²) in [5.74, 6) is 0.211. The molecule has 1 aromatic heterocycles. The fraction of sp³-hybridized carbons (Fsp3) is 0.565. The number of aromatic nitrogens is 2. The smallest absolute Gasteiger partial charge is 0.227 e. The fourth-order valence-corrected chi connectivity index (χ4v) is 6.06. The van der Waals surface area contributed by atoms with Gasteiger partial charge in [0.15, 0.2) is 9.84 Å². The molecule has 1 fully saturated rings. The number of likely N-dealkylation sites (N-methyl/N-ethyl adjacent to an activating group) is 1.